The Morgan fingerprint density at radius 3 is 2.25 bits per heavy atom. The minimum atomic E-state index is -0.743. The van der Waals surface area contributed by atoms with Crippen molar-refractivity contribution in [3.63, 3.8) is 0 Å². The van der Waals surface area contributed by atoms with Gasteiger partial charge >= 0.3 is 0 Å². The van der Waals surface area contributed by atoms with Gasteiger partial charge in [0.05, 0.1) is 0 Å². The predicted octanol–water partition coefficient (Wildman–Crippen LogP) is 2.76. The number of carbonyl (C=O) groups excluding carboxylic acids is 2. The molecule has 0 bridgehead atoms. The molecular formula is C12H12BrNO2. The Morgan fingerprint density at radius 2 is 1.81 bits per heavy atom. The van der Waals surface area contributed by atoms with Crippen molar-refractivity contribution in [2.24, 2.45) is 5.41 Å². The molecule has 3 nitrogen and oxygen atoms in total. The van der Waals surface area contributed by atoms with E-state index in [2.05, 4.69) is 21.2 Å². The van der Waals surface area contributed by atoms with Gasteiger partial charge < -0.3 is 5.32 Å². The van der Waals surface area contributed by atoms with Gasteiger partial charge in [0, 0.05) is 10.2 Å². The van der Waals surface area contributed by atoms with Crippen LogP contribution >= 0.6 is 15.9 Å². The van der Waals surface area contributed by atoms with E-state index < -0.39 is 5.41 Å². The summed E-state index contributed by atoms with van der Waals surface area (Å²) in [7, 11) is 0. The van der Waals surface area contributed by atoms with Crippen LogP contribution in [0.2, 0.25) is 0 Å². The van der Waals surface area contributed by atoms with Gasteiger partial charge in [-0.15, -0.1) is 0 Å². The number of Topliss-reactive ketones (excluding diaryl/α,β-unsaturated/α-hetero) is 1. The maximum absolute atomic E-state index is 11.9. The molecule has 0 atom stereocenters. The van der Waals surface area contributed by atoms with Gasteiger partial charge in [-0.3, -0.25) is 9.59 Å². The van der Waals surface area contributed by atoms with Crippen molar-refractivity contribution in [2.45, 2.75) is 19.8 Å². The zero-order chi connectivity index (χ0) is 11.8. The number of nitrogens with one attached hydrogen (secondary N) is 1. The molecule has 1 N–H and O–H groups in total. The van der Waals surface area contributed by atoms with Gasteiger partial charge in [0.1, 0.15) is 11.2 Å². The Bertz CT molecular complexity index is 435. The lowest BCUT2D eigenvalue weighted by Gasteiger charge is -2.11. The number of benzene rings is 1. The fourth-order valence-corrected chi connectivity index (χ4v) is 1.91. The molecule has 0 saturated heterocycles. The van der Waals surface area contributed by atoms with Crippen molar-refractivity contribution in [2.75, 3.05) is 5.32 Å². The van der Waals surface area contributed by atoms with Gasteiger partial charge in [0.15, 0.2) is 0 Å². The molecule has 1 aromatic rings. The first kappa shape index (κ1) is 11.3. The van der Waals surface area contributed by atoms with E-state index in [1.165, 1.54) is 6.92 Å². The van der Waals surface area contributed by atoms with Crippen LogP contribution in [0, 0.1) is 5.41 Å². The average Bonchev–Trinajstić information content (AvgIpc) is 3.02. The van der Waals surface area contributed by atoms with E-state index in [-0.39, 0.29) is 11.7 Å². The lowest BCUT2D eigenvalue weighted by atomic mass is 10.0. The third-order valence-electron chi connectivity index (χ3n) is 2.96. The van der Waals surface area contributed by atoms with Crippen LogP contribution in [-0.4, -0.2) is 11.7 Å². The second-order valence-electron chi connectivity index (χ2n) is 4.10. The molecule has 84 valence electrons. The normalized spacial score (nSPS) is 16.6. The molecule has 0 aromatic heterocycles. The summed E-state index contributed by atoms with van der Waals surface area (Å²) in [5, 5.41) is 2.77. The number of hydrogen-bond acceptors (Lipinski definition) is 2. The number of hydrogen-bond donors (Lipinski definition) is 1. The second-order valence-corrected chi connectivity index (χ2v) is 5.01. The Hall–Kier alpha value is -1.16. The van der Waals surface area contributed by atoms with E-state index in [4.69, 9.17) is 0 Å². The van der Waals surface area contributed by atoms with Crippen LogP contribution in [0.5, 0.6) is 0 Å². The third-order valence-corrected chi connectivity index (χ3v) is 3.49. The van der Waals surface area contributed by atoms with E-state index in [1.54, 1.807) is 12.1 Å². The summed E-state index contributed by atoms with van der Waals surface area (Å²) in [6.45, 7) is 1.48. The maximum atomic E-state index is 11.9. The molecule has 1 aromatic carbocycles. The van der Waals surface area contributed by atoms with Gasteiger partial charge in [0.25, 0.3) is 0 Å². The SMILES string of the molecule is CC(=O)C1(C(=O)Nc2ccc(Br)cc2)CC1. The fourth-order valence-electron chi connectivity index (χ4n) is 1.65. The van der Waals surface area contributed by atoms with Crippen molar-refractivity contribution in [3.05, 3.63) is 28.7 Å². The number of halogens is 1. The number of rotatable bonds is 3. The first-order valence-corrected chi connectivity index (χ1v) is 5.92. The lowest BCUT2D eigenvalue weighted by molar-refractivity contribution is -0.131. The molecule has 4 heteroatoms. The first-order chi connectivity index (χ1) is 7.54. The Labute approximate surface area is 102 Å². The molecule has 1 amide bonds. The minimum absolute atomic E-state index is 0.0397. The van der Waals surface area contributed by atoms with E-state index >= 15 is 0 Å². The Balaban J connectivity index is 2.08. The first-order valence-electron chi connectivity index (χ1n) is 5.13. The van der Waals surface area contributed by atoms with E-state index in [9.17, 15) is 9.59 Å². The Kier molecular flexibility index (Phi) is 2.84. The summed E-state index contributed by atoms with van der Waals surface area (Å²) in [5.41, 5.74) is -0.0201. The van der Waals surface area contributed by atoms with Crippen molar-refractivity contribution < 1.29 is 9.59 Å². The fraction of sp³-hybridized carbons (Fsp3) is 0.333. The summed E-state index contributed by atoms with van der Waals surface area (Å²) in [4.78, 5) is 23.2. The van der Waals surface area contributed by atoms with Crippen LogP contribution in [0.15, 0.2) is 28.7 Å². The molecule has 1 aliphatic rings. The Morgan fingerprint density at radius 1 is 1.25 bits per heavy atom. The molecule has 0 heterocycles. The van der Waals surface area contributed by atoms with E-state index in [1.807, 2.05) is 12.1 Å². The molecular weight excluding hydrogens is 270 g/mol. The highest BCUT2D eigenvalue weighted by Crippen LogP contribution is 2.47. The summed E-state index contributed by atoms with van der Waals surface area (Å²) >= 11 is 3.32. The van der Waals surface area contributed by atoms with Gasteiger partial charge in [-0.2, -0.15) is 0 Å². The van der Waals surface area contributed by atoms with Gasteiger partial charge in [-0.05, 0) is 44.0 Å². The zero-order valence-corrected chi connectivity index (χ0v) is 10.5. The van der Waals surface area contributed by atoms with E-state index in [0.717, 1.165) is 10.2 Å². The number of carbonyl (C=O) groups is 2. The van der Waals surface area contributed by atoms with Crippen molar-refractivity contribution in [1.29, 1.82) is 0 Å². The maximum Gasteiger partial charge on any atom is 0.238 e. The van der Waals surface area contributed by atoms with Crippen LogP contribution in [0.3, 0.4) is 0 Å². The number of amides is 1. The molecule has 1 saturated carbocycles. The molecule has 0 unspecified atom stereocenters. The quantitative estimate of drug-likeness (QED) is 0.866. The topological polar surface area (TPSA) is 46.2 Å². The van der Waals surface area contributed by atoms with Crippen LogP contribution < -0.4 is 5.32 Å². The standard InChI is InChI=1S/C12H12BrNO2/c1-8(15)12(6-7-12)11(16)14-10-4-2-9(13)3-5-10/h2-5H,6-7H2,1H3,(H,14,16). The van der Waals surface area contributed by atoms with Crippen molar-refractivity contribution in [3.8, 4) is 0 Å². The third kappa shape index (κ3) is 2.02. The van der Waals surface area contributed by atoms with Crippen LogP contribution in [0.4, 0.5) is 5.69 Å². The predicted molar refractivity (Wildman–Crippen MR) is 65.1 cm³/mol. The van der Waals surface area contributed by atoms with E-state index in [0.29, 0.717) is 12.8 Å². The van der Waals surface area contributed by atoms with Crippen LogP contribution in [0.25, 0.3) is 0 Å². The highest BCUT2D eigenvalue weighted by molar-refractivity contribution is 9.10. The highest BCUT2D eigenvalue weighted by Gasteiger charge is 2.54. The molecule has 0 spiro atoms. The summed E-state index contributed by atoms with van der Waals surface area (Å²) in [6, 6.07) is 7.31. The molecule has 0 aliphatic heterocycles. The summed E-state index contributed by atoms with van der Waals surface area (Å²) < 4.78 is 0.957. The monoisotopic (exact) mass is 281 g/mol. The summed E-state index contributed by atoms with van der Waals surface area (Å²) in [5.74, 6) is -0.218. The molecule has 0 radical (unpaired) electrons. The molecule has 1 fully saturated rings. The molecule has 2 rings (SSSR count). The van der Waals surface area contributed by atoms with Crippen LogP contribution in [0.1, 0.15) is 19.8 Å². The molecule has 1 aliphatic carbocycles. The van der Waals surface area contributed by atoms with Crippen molar-refractivity contribution >= 4 is 33.3 Å². The largest absolute Gasteiger partial charge is 0.325 e. The average molecular weight is 282 g/mol. The number of ketones is 1. The second kappa shape index (κ2) is 4.01. The van der Waals surface area contributed by atoms with Gasteiger partial charge in [0.2, 0.25) is 5.91 Å². The van der Waals surface area contributed by atoms with Crippen molar-refractivity contribution in [1.82, 2.24) is 0 Å². The van der Waals surface area contributed by atoms with Gasteiger partial charge in [-0.1, -0.05) is 15.9 Å². The number of anilines is 1. The highest BCUT2D eigenvalue weighted by atomic mass is 79.9. The smallest absolute Gasteiger partial charge is 0.238 e. The lowest BCUT2D eigenvalue weighted by Crippen LogP contribution is -2.29. The minimum Gasteiger partial charge on any atom is -0.325 e. The van der Waals surface area contributed by atoms with Gasteiger partial charge in [-0.25, -0.2) is 0 Å². The summed E-state index contributed by atoms with van der Waals surface area (Å²) in [6.07, 6.45) is 1.34. The molecule has 16 heavy (non-hydrogen) atoms. The zero-order valence-electron chi connectivity index (χ0n) is 8.92. The van der Waals surface area contributed by atoms with Crippen LogP contribution in [-0.2, 0) is 9.59 Å².